The smallest absolute Gasteiger partial charge is 0.0898 e. The molecule has 3 unspecified atom stereocenters. The van der Waals surface area contributed by atoms with Crippen LogP contribution in [0.2, 0.25) is 0 Å². The Bertz CT molecular complexity index is 378. The van der Waals surface area contributed by atoms with E-state index in [-0.39, 0.29) is 12.1 Å². The molecule has 2 N–H and O–H groups in total. The van der Waals surface area contributed by atoms with Gasteiger partial charge in [0.25, 0.3) is 0 Å². The van der Waals surface area contributed by atoms with Crippen LogP contribution in [0.5, 0.6) is 0 Å². The molecule has 0 fully saturated rings. The second-order valence-corrected chi connectivity index (χ2v) is 7.33. The maximum absolute atomic E-state index is 9.95. The van der Waals surface area contributed by atoms with Gasteiger partial charge in [0.1, 0.15) is 0 Å². The van der Waals surface area contributed by atoms with E-state index >= 15 is 0 Å². The Hall–Kier alpha value is -0.420. The summed E-state index contributed by atoms with van der Waals surface area (Å²) in [6.45, 7) is 11.6. The molecule has 0 saturated carbocycles. The minimum absolute atomic E-state index is 0.210. The fourth-order valence-electron chi connectivity index (χ4n) is 2.17. The van der Waals surface area contributed by atoms with Gasteiger partial charge in [0.15, 0.2) is 0 Å². The molecule has 1 rings (SSSR count). The summed E-state index contributed by atoms with van der Waals surface area (Å²) in [7, 11) is 0. The number of aryl methyl sites for hydroxylation is 1. The average Bonchev–Trinajstić information content (AvgIpc) is 2.79. The van der Waals surface area contributed by atoms with Gasteiger partial charge < -0.3 is 15.2 Å². The van der Waals surface area contributed by atoms with Crippen LogP contribution in [0.1, 0.15) is 49.9 Å². The lowest BCUT2D eigenvalue weighted by atomic mass is 10.1. The van der Waals surface area contributed by atoms with E-state index < -0.39 is 6.10 Å². The first-order valence-corrected chi connectivity index (χ1v) is 8.29. The highest BCUT2D eigenvalue weighted by Crippen LogP contribution is 2.22. The summed E-state index contributed by atoms with van der Waals surface area (Å²) in [6.07, 6.45) is 0.792. The predicted molar refractivity (Wildman–Crippen MR) is 86.3 cm³/mol. The molecule has 0 aliphatic rings. The first kappa shape index (κ1) is 17.6. The standard InChI is InChI=1S/C16H29NO2S/c1-11(2)8-12(3)19-10-15(18)9-17-14(5)16-7-6-13(4)20-16/h6-7,11-12,14-15,17-18H,8-10H2,1-5H3. The minimum atomic E-state index is -0.451. The van der Waals surface area contributed by atoms with Crippen molar-refractivity contribution in [1.82, 2.24) is 5.32 Å². The largest absolute Gasteiger partial charge is 0.389 e. The average molecular weight is 299 g/mol. The maximum atomic E-state index is 9.95. The van der Waals surface area contributed by atoms with E-state index in [9.17, 15) is 5.11 Å². The summed E-state index contributed by atoms with van der Waals surface area (Å²) >= 11 is 1.80. The third-order valence-electron chi connectivity index (χ3n) is 3.22. The highest BCUT2D eigenvalue weighted by atomic mass is 32.1. The van der Waals surface area contributed by atoms with Crippen molar-refractivity contribution in [2.75, 3.05) is 13.2 Å². The van der Waals surface area contributed by atoms with Crippen LogP contribution < -0.4 is 5.32 Å². The summed E-state index contributed by atoms with van der Waals surface area (Å²) in [5.41, 5.74) is 0. The fourth-order valence-corrected chi connectivity index (χ4v) is 3.07. The Morgan fingerprint density at radius 2 is 1.95 bits per heavy atom. The summed E-state index contributed by atoms with van der Waals surface area (Å²) in [6, 6.07) is 4.55. The Balaban J connectivity index is 2.21. The molecule has 0 amide bonds. The Morgan fingerprint density at radius 3 is 2.50 bits per heavy atom. The van der Waals surface area contributed by atoms with Gasteiger partial charge in [-0.05, 0) is 45.2 Å². The third kappa shape index (κ3) is 6.84. The van der Waals surface area contributed by atoms with Gasteiger partial charge in [-0.1, -0.05) is 13.8 Å². The van der Waals surface area contributed by atoms with E-state index in [1.165, 1.54) is 9.75 Å². The maximum Gasteiger partial charge on any atom is 0.0898 e. The topological polar surface area (TPSA) is 41.5 Å². The van der Waals surface area contributed by atoms with Crippen molar-refractivity contribution in [3.63, 3.8) is 0 Å². The highest BCUT2D eigenvalue weighted by molar-refractivity contribution is 7.12. The lowest BCUT2D eigenvalue weighted by Crippen LogP contribution is -2.33. The van der Waals surface area contributed by atoms with E-state index in [0.717, 1.165) is 6.42 Å². The number of aliphatic hydroxyl groups excluding tert-OH is 1. The van der Waals surface area contributed by atoms with Gasteiger partial charge in [-0.15, -0.1) is 11.3 Å². The summed E-state index contributed by atoms with van der Waals surface area (Å²) in [5, 5.41) is 13.3. The van der Waals surface area contributed by atoms with Crippen molar-refractivity contribution in [3.8, 4) is 0 Å². The number of aliphatic hydroxyl groups is 1. The van der Waals surface area contributed by atoms with Crippen molar-refractivity contribution in [1.29, 1.82) is 0 Å². The van der Waals surface area contributed by atoms with Gasteiger partial charge in [0.2, 0.25) is 0 Å². The van der Waals surface area contributed by atoms with Crippen LogP contribution in [-0.2, 0) is 4.74 Å². The minimum Gasteiger partial charge on any atom is -0.389 e. The van der Waals surface area contributed by atoms with E-state index in [1.54, 1.807) is 11.3 Å². The Labute approximate surface area is 127 Å². The predicted octanol–water partition coefficient (Wildman–Crippen LogP) is 3.52. The van der Waals surface area contributed by atoms with Crippen LogP contribution in [0, 0.1) is 12.8 Å². The molecule has 3 atom stereocenters. The molecule has 0 spiro atoms. The second-order valence-electron chi connectivity index (χ2n) is 6.01. The Morgan fingerprint density at radius 1 is 1.25 bits per heavy atom. The van der Waals surface area contributed by atoms with Gasteiger partial charge in [0.05, 0.1) is 18.8 Å². The third-order valence-corrected chi connectivity index (χ3v) is 4.41. The molecule has 116 valence electrons. The monoisotopic (exact) mass is 299 g/mol. The zero-order chi connectivity index (χ0) is 15.1. The first-order valence-electron chi connectivity index (χ1n) is 7.47. The summed E-state index contributed by atoms with van der Waals surface area (Å²) < 4.78 is 5.67. The van der Waals surface area contributed by atoms with Crippen LogP contribution in [0.25, 0.3) is 0 Å². The molecule has 0 aliphatic carbocycles. The number of hydrogen-bond donors (Lipinski definition) is 2. The van der Waals surface area contributed by atoms with Gasteiger partial charge in [-0.25, -0.2) is 0 Å². The summed E-state index contributed by atoms with van der Waals surface area (Å²) in [4.78, 5) is 2.63. The van der Waals surface area contributed by atoms with E-state index in [0.29, 0.717) is 19.1 Å². The van der Waals surface area contributed by atoms with Gasteiger partial charge in [-0.3, -0.25) is 0 Å². The molecule has 20 heavy (non-hydrogen) atoms. The number of hydrogen-bond acceptors (Lipinski definition) is 4. The quantitative estimate of drug-likeness (QED) is 0.733. The summed E-state index contributed by atoms with van der Waals surface area (Å²) in [5.74, 6) is 0.627. The molecular weight excluding hydrogens is 270 g/mol. The molecule has 0 aromatic carbocycles. The zero-order valence-corrected chi connectivity index (χ0v) is 14.2. The fraction of sp³-hybridized carbons (Fsp3) is 0.750. The highest BCUT2D eigenvalue weighted by Gasteiger charge is 2.12. The number of thiophene rings is 1. The van der Waals surface area contributed by atoms with Crippen LogP contribution in [0.3, 0.4) is 0 Å². The van der Waals surface area contributed by atoms with Crippen molar-refractivity contribution in [2.45, 2.75) is 59.3 Å². The van der Waals surface area contributed by atoms with Crippen molar-refractivity contribution < 1.29 is 9.84 Å². The van der Waals surface area contributed by atoms with Crippen molar-refractivity contribution in [2.24, 2.45) is 5.92 Å². The number of nitrogens with one attached hydrogen (secondary N) is 1. The lowest BCUT2D eigenvalue weighted by molar-refractivity contribution is -0.00911. The number of rotatable bonds is 9. The first-order chi connectivity index (χ1) is 9.38. The van der Waals surface area contributed by atoms with Crippen LogP contribution in [0.15, 0.2) is 12.1 Å². The molecular formula is C16H29NO2S. The molecule has 3 nitrogen and oxygen atoms in total. The molecule has 1 heterocycles. The van der Waals surface area contributed by atoms with Crippen molar-refractivity contribution in [3.05, 3.63) is 21.9 Å². The van der Waals surface area contributed by atoms with E-state index in [2.05, 4.69) is 52.1 Å². The van der Waals surface area contributed by atoms with Gasteiger partial charge in [-0.2, -0.15) is 0 Å². The van der Waals surface area contributed by atoms with Crippen molar-refractivity contribution >= 4 is 11.3 Å². The van der Waals surface area contributed by atoms with Crippen LogP contribution in [-0.4, -0.2) is 30.5 Å². The Kier molecular flexibility index (Phi) is 7.74. The van der Waals surface area contributed by atoms with Crippen LogP contribution >= 0.6 is 11.3 Å². The van der Waals surface area contributed by atoms with E-state index in [1.807, 2.05) is 0 Å². The molecule has 1 aromatic heterocycles. The van der Waals surface area contributed by atoms with E-state index in [4.69, 9.17) is 4.74 Å². The molecule has 4 heteroatoms. The molecule has 0 saturated heterocycles. The molecule has 0 radical (unpaired) electrons. The number of ether oxygens (including phenoxy) is 1. The normalized spacial score (nSPS) is 16.4. The SMILES string of the molecule is Cc1ccc(C(C)NCC(O)COC(C)CC(C)C)s1. The second kappa shape index (κ2) is 8.78. The molecule has 1 aromatic rings. The molecule has 0 aliphatic heterocycles. The van der Waals surface area contributed by atoms with Gasteiger partial charge in [0, 0.05) is 22.3 Å². The zero-order valence-electron chi connectivity index (χ0n) is 13.3. The molecule has 0 bridgehead atoms. The van der Waals surface area contributed by atoms with Gasteiger partial charge >= 0.3 is 0 Å². The lowest BCUT2D eigenvalue weighted by Gasteiger charge is -2.19. The van der Waals surface area contributed by atoms with Crippen LogP contribution in [0.4, 0.5) is 0 Å².